The molecule has 51 heavy (non-hydrogen) atoms. The Bertz CT molecular complexity index is 1680. The van der Waals surface area contributed by atoms with Crippen LogP contribution in [0.15, 0.2) is 30.4 Å². The fourth-order valence-electron chi connectivity index (χ4n) is 6.89. The third kappa shape index (κ3) is 9.18. The molecular formula is C35H48FN5O9S. The van der Waals surface area contributed by atoms with E-state index >= 15 is 0 Å². The van der Waals surface area contributed by atoms with Crippen molar-refractivity contribution < 1.29 is 46.3 Å². The van der Waals surface area contributed by atoms with Crippen LogP contribution in [0.4, 0.5) is 14.0 Å². The third-order valence-electron chi connectivity index (χ3n) is 9.51. The molecule has 0 radical (unpaired) electrons. The van der Waals surface area contributed by atoms with Crippen LogP contribution in [-0.4, -0.2) is 89.8 Å². The molecule has 4 aliphatic rings. The van der Waals surface area contributed by atoms with Gasteiger partial charge in [0.2, 0.25) is 21.8 Å². The molecule has 14 nitrogen and oxygen atoms in total. The van der Waals surface area contributed by atoms with Gasteiger partial charge in [0.25, 0.3) is 5.91 Å². The number of carbonyl (C=O) groups is 5. The first-order valence-corrected chi connectivity index (χ1v) is 19.2. The van der Waals surface area contributed by atoms with Gasteiger partial charge in [-0.1, -0.05) is 44.1 Å². The molecule has 1 aliphatic carbocycles. The fourth-order valence-corrected chi connectivity index (χ4v) is 8.00. The van der Waals surface area contributed by atoms with Gasteiger partial charge >= 0.3 is 12.2 Å². The van der Waals surface area contributed by atoms with E-state index in [1.54, 1.807) is 45.9 Å². The molecule has 2 fully saturated rings. The summed E-state index contributed by atoms with van der Waals surface area (Å²) in [4.78, 5) is 70.7. The second-order valence-corrected chi connectivity index (χ2v) is 16.6. The lowest BCUT2D eigenvalue weighted by molar-refractivity contribution is -0.141. The highest BCUT2D eigenvalue weighted by atomic mass is 32.2. The number of halogens is 1. The van der Waals surface area contributed by atoms with Gasteiger partial charge < -0.3 is 25.0 Å². The Labute approximate surface area is 297 Å². The van der Waals surface area contributed by atoms with Crippen molar-refractivity contribution in [3.05, 3.63) is 47.3 Å². The molecule has 1 saturated carbocycles. The summed E-state index contributed by atoms with van der Waals surface area (Å²) in [6, 6.07) is 2.28. The van der Waals surface area contributed by atoms with Gasteiger partial charge in [-0.15, -0.1) is 0 Å². The molecule has 0 bridgehead atoms. The number of hydrogen-bond acceptors (Lipinski definition) is 9. The van der Waals surface area contributed by atoms with Crippen LogP contribution in [0.3, 0.4) is 0 Å². The van der Waals surface area contributed by atoms with Gasteiger partial charge in [-0.3, -0.25) is 24.0 Å². The average molecular weight is 734 g/mol. The molecular weight excluding hydrogens is 685 g/mol. The van der Waals surface area contributed by atoms with Crippen molar-refractivity contribution in [3.8, 4) is 0 Å². The first-order chi connectivity index (χ1) is 24.0. The van der Waals surface area contributed by atoms with Crippen molar-refractivity contribution in [2.75, 3.05) is 12.3 Å². The van der Waals surface area contributed by atoms with E-state index in [4.69, 9.17) is 9.47 Å². The highest BCUT2D eigenvalue weighted by Gasteiger charge is 2.61. The number of nitrogens with one attached hydrogen (secondary N) is 3. The Morgan fingerprint density at radius 3 is 2.59 bits per heavy atom. The van der Waals surface area contributed by atoms with E-state index in [2.05, 4.69) is 15.4 Å². The van der Waals surface area contributed by atoms with Crippen molar-refractivity contribution in [3.63, 3.8) is 0 Å². The maximum atomic E-state index is 14.4. The monoisotopic (exact) mass is 733 g/mol. The molecule has 1 aromatic rings. The number of sulfonamides is 1. The van der Waals surface area contributed by atoms with E-state index in [1.807, 2.05) is 6.08 Å². The summed E-state index contributed by atoms with van der Waals surface area (Å²) in [7, 11) is -3.96. The number of alkyl carbamates (subject to hydrolysis) is 1. The highest BCUT2D eigenvalue weighted by molar-refractivity contribution is 7.90. The minimum atomic E-state index is -3.96. The summed E-state index contributed by atoms with van der Waals surface area (Å²) in [6.45, 7) is 6.66. The van der Waals surface area contributed by atoms with Crippen LogP contribution in [0.2, 0.25) is 0 Å². The van der Waals surface area contributed by atoms with Crippen molar-refractivity contribution in [1.29, 1.82) is 0 Å². The van der Waals surface area contributed by atoms with Gasteiger partial charge in [-0.2, -0.15) is 0 Å². The predicted molar refractivity (Wildman–Crippen MR) is 183 cm³/mol. The molecule has 5 amide bonds. The molecule has 280 valence electrons. The molecule has 0 spiro atoms. The molecule has 0 unspecified atom stereocenters. The van der Waals surface area contributed by atoms with Crippen molar-refractivity contribution in [2.45, 2.75) is 121 Å². The van der Waals surface area contributed by atoms with Gasteiger partial charge in [0, 0.05) is 24.4 Å². The number of rotatable bonds is 6. The van der Waals surface area contributed by atoms with Crippen LogP contribution in [0.1, 0.15) is 90.2 Å². The van der Waals surface area contributed by atoms with E-state index in [0.29, 0.717) is 24.0 Å². The number of benzene rings is 1. The highest BCUT2D eigenvalue weighted by Crippen LogP contribution is 2.45. The van der Waals surface area contributed by atoms with Gasteiger partial charge in [0.15, 0.2) is 0 Å². The molecule has 3 N–H and O–H groups in total. The second kappa shape index (κ2) is 15.2. The SMILES string of the molecule is CCCS(=O)(=O)NC(=O)[C@@]12C[C@H]1C=CCCCCC[C@H](NC(=O)OC(C)(C)C)C(=O)N1C[C@H](OC(=O)N3Cc4cccc(F)c4C3)C[C@H]1C(=O)N2. The van der Waals surface area contributed by atoms with Crippen molar-refractivity contribution in [1.82, 2.24) is 25.2 Å². The standard InChI is InChI=1S/C35H48FN5O9S/c1-5-16-51(47,48)39-31(44)35-18-23(35)13-9-7-6-8-10-15-27(37-32(45)50-34(2,3)4)30(43)41-20-24(17-28(41)29(42)38-35)49-33(46)40-19-22-12-11-14-26(36)25(22)21-40/h9,11-14,23-24,27-28H,5-8,10,15-21H2,1-4H3,(H,37,45)(H,38,42)(H,39,44)/t23-,24-,27+,28+,35-/m1/s1. The average Bonchev–Trinajstić information content (AvgIpc) is 3.33. The zero-order valence-corrected chi connectivity index (χ0v) is 30.4. The number of nitrogens with zero attached hydrogens (tertiary/aromatic N) is 2. The lowest BCUT2D eigenvalue weighted by atomic mass is 10.0. The van der Waals surface area contributed by atoms with Gasteiger partial charge in [-0.25, -0.2) is 22.4 Å². The number of ether oxygens (including phenoxy) is 2. The number of amides is 5. The molecule has 5 atom stereocenters. The Kier molecular flexibility index (Phi) is 11.3. The summed E-state index contributed by atoms with van der Waals surface area (Å²) >= 11 is 0. The van der Waals surface area contributed by atoms with Crippen molar-refractivity contribution >= 4 is 39.9 Å². The third-order valence-corrected chi connectivity index (χ3v) is 11.0. The lowest BCUT2D eigenvalue weighted by Gasteiger charge is -2.30. The number of hydrogen-bond donors (Lipinski definition) is 3. The van der Waals surface area contributed by atoms with Crippen LogP contribution >= 0.6 is 0 Å². The molecule has 1 aromatic carbocycles. The van der Waals surface area contributed by atoms with Gasteiger partial charge in [0.1, 0.15) is 35.1 Å². The Balaban J connectivity index is 1.41. The first-order valence-electron chi connectivity index (χ1n) is 17.6. The molecule has 3 aliphatic heterocycles. The van der Waals surface area contributed by atoms with Crippen LogP contribution in [-0.2, 0) is 47.0 Å². The molecule has 0 aromatic heterocycles. The van der Waals surface area contributed by atoms with Crippen LogP contribution in [0.5, 0.6) is 0 Å². The van der Waals surface area contributed by atoms with Crippen LogP contribution in [0, 0.1) is 11.7 Å². The Hall–Kier alpha value is -4.21. The summed E-state index contributed by atoms with van der Waals surface area (Å²) < 4.78 is 52.9. The maximum Gasteiger partial charge on any atom is 0.410 e. The zero-order chi connectivity index (χ0) is 37.1. The maximum absolute atomic E-state index is 14.4. The molecule has 1 saturated heterocycles. The topological polar surface area (TPSA) is 181 Å². The summed E-state index contributed by atoms with van der Waals surface area (Å²) in [6.07, 6.45) is 4.42. The van der Waals surface area contributed by atoms with E-state index in [9.17, 15) is 36.8 Å². The molecule has 3 heterocycles. The van der Waals surface area contributed by atoms with Crippen LogP contribution in [0.25, 0.3) is 0 Å². The molecule has 5 rings (SSSR count). The summed E-state index contributed by atoms with van der Waals surface area (Å²) in [5.41, 5.74) is -1.38. The Morgan fingerprint density at radius 2 is 1.88 bits per heavy atom. The summed E-state index contributed by atoms with van der Waals surface area (Å²) in [5.74, 6) is -3.40. The van der Waals surface area contributed by atoms with Crippen molar-refractivity contribution in [2.24, 2.45) is 5.92 Å². The quantitative estimate of drug-likeness (QED) is 0.370. The second-order valence-electron chi connectivity index (χ2n) is 14.8. The predicted octanol–water partition coefficient (Wildman–Crippen LogP) is 3.39. The number of fused-ring (bicyclic) bond motifs is 3. The normalized spacial score (nSPS) is 26.8. The van der Waals surface area contributed by atoms with E-state index in [-0.39, 0.29) is 51.1 Å². The Morgan fingerprint density at radius 1 is 1.12 bits per heavy atom. The van der Waals surface area contributed by atoms with Gasteiger partial charge in [-0.05, 0) is 64.5 Å². The fraction of sp³-hybridized carbons (Fsp3) is 0.629. The minimum absolute atomic E-state index is 0.00449. The van der Waals surface area contributed by atoms with E-state index in [0.717, 1.165) is 12.8 Å². The van der Waals surface area contributed by atoms with E-state index < -0.39 is 81.0 Å². The minimum Gasteiger partial charge on any atom is -0.444 e. The molecule has 16 heteroatoms. The first kappa shape index (κ1) is 38.0. The van der Waals surface area contributed by atoms with Gasteiger partial charge in [0.05, 0.1) is 18.8 Å². The largest absolute Gasteiger partial charge is 0.444 e. The van der Waals surface area contributed by atoms with Crippen LogP contribution < -0.4 is 15.4 Å². The van der Waals surface area contributed by atoms with E-state index in [1.165, 1.54) is 15.9 Å². The zero-order valence-electron chi connectivity index (χ0n) is 29.5. The number of carbonyl (C=O) groups excluding carboxylic acids is 5. The lowest BCUT2D eigenvalue weighted by Crippen LogP contribution is -2.58. The smallest absolute Gasteiger partial charge is 0.410 e. The number of allylic oxidation sites excluding steroid dienone is 1. The summed E-state index contributed by atoms with van der Waals surface area (Å²) in [5, 5.41) is 5.42.